The summed E-state index contributed by atoms with van der Waals surface area (Å²) < 4.78 is 43.4. The first-order valence-corrected chi connectivity index (χ1v) is 6.77. The molecule has 0 aliphatic rings. The zero-order valence-electron chi connectivity index (χ0n) is 13.5. The van der Waals surface area contributed by atoms with E-state index in [9.17, 15) is 13.2 Å². The number of ether oxygens (including phenoxy) is 1. The van der Waals surface area contributed by atoms with Crippen LogP contribution in [0.3, 0.4) is 0 Å². The lowest BCUT2D eigenvalue weighted by Gasteiger charge is -2.23. The zero-order valence-corrected chi connectivity index (χ0v) is 15.8. The van der Waals surface area contributed by atoms with Crippen LogP contribution in [0.25, 0.3) is 0 Å². The van der Waals surface area contributed by atoms with Crippen LogP contribution in [0.2, 0.25) is 0 Å². The Morgan fingerprint density at radius 3 is 2.48 bits per heavy atom. The lowest BCUT2D eigenvalue weighted by atomic mass is 10.1. The van der Waals surface area contributed by atoms with Gasteiger partial charge in [0.2, 0.25) is 5.88 Å². The lowest BCUT2D eigenvalue weighted by Crippen LogP contribution is -2.48. The van der Waals surface area contributed by atoms with Gasteiger partial charge in [0.05, 0.1) is 6.54 Å². The van der Waals surface area contributed by atoms with Gasteiger partial charge in [0.15, 0.2) is 5.96 Å². The highest BCUT2D eigenvalue weighted by Gasteiger charge is 2.34. The number of guanidine groups is 1. The summed E-state index contributed by atoms with van der Waals surface area (Å²) in [6.45, 7) is 6.24. The summed E-state index contributed by atoms with van der Waals surface area (Å²) in [6.07, 6.45) is -3.22. The number of hydrogen-bond acceptors (Lipinski definition) is 3. The van der Waals surface area contributed by atoms with Gasteiger partial charge < -0.3 is 15.4 Å². The van der Waals surface area contributed by atoms with Gasteiger partial charge in [0, 0.05) is 18.8 Å². The molecule has 0 bridgehead atoms. The normalized spacial score (nSPS) is 12.4. The maximum Gasteiger partial charge on any atom is 0.421 e. The van der Waals surface area contributed by atoms with Crippen LogP contribution in [-0.4, -0.2) is 36.7 Å². The smallest absolute Gasteiger partial charge is 0.421 e. The number of pyridine rings is 1. The minimum Gasteiger partial charge on any atom is -0.475 e. The highest BCUT2D eigenvalue weighted by atomic mass is 127. The molecule has 9 heteroatoms. The Labute approximate surface area is 151 Å². The van der Waals surface area contributed by atoms with E-state index in [0.717, 1.165) is 6.07 Å². The van der Waals surface area contributed by atoms with E-state index >= 15 is 0 Å². The van der Waals surface area contributed by atoms with Crippen LogP contribution >= 0.6 is 24.0 Å². The largest absolute Gasteiger partial charge is 0.475 e. The molecular weight excluding hydrogens is 424 g/mol. The van der Waals surface area contributed by atoms with Gasteiger partial charge in [0.25, 0.3) is 0 Å². The van der Waals surface area contributed by atoms with Gasteiger partial charge in [0.1, 0.15) is 12.2 Å². The number of nitrogens with one attached hydrogen (secondary N) is 2. The summed E-state index contributed by atoms with van der Waals surface area (Å²) in [7, 11) is 1.61. The standard InChI is InChI=1S/C14H21F3N4O.HI/c1-13(2,3)21-12(18-4)20-8-9-22-11-10(14(15,16)17)6-5-7-19-11;/h5-7H,8-9H2,1-4H3,(H2,18,20,21);1H. The molecule has 0 atom stereocenters. The van der Waals surface area contributed by atoms with Crippen molar-refractivity contribution in [2.45, 2.75) is 32.5 Å². The Bertz CT molecular complexity index is 515. The van der Waals surface area contributed by atoms with Gasteiger partial charge in [-0.1, -0.05) is 0 Å². The first-order chi connectivity index (χ1) is 10.1. The molecule has 0 spiro atoms. The van der Waals surface area contributed by atoms with Gasteiger partial charge >= 0.3 is 6.18 Å². The summed E-state index contributed by atoms with van der Waals surface area (Å²) in [5, 5.41) is 6.09. The average molecular weight is 446 g/mol. The maximum atomic E-state index is 12.8. The first-order valence-electron chi connectivity index (χ1n) is 6.77. The Morgan fingerprint density at radius 1 is 1.30 bits per heavy atom. The third kappa shape index (κ3) is 8.24. The van der Waals surface area contributed by atoms with Gasteiger partial charge in [-0.15, -0.1) is 24.0 Å². The summed E-state index contributed by atoms with van der Waals surface area (Å²) >= 11 is 0. The third-order valence-corrected chi connectivity index (χ3v) is 2.43. The van der Waals surface area contributed by atoms with Crippen LogP contribution in [0.5, 0.6) is 5.88 Å². The van der Waals surface area contributed by atoms with E-state index in [1.165, 1.54) is 12.3 Å². The van der Waals surface area contributed by atoms with Crippen LogP contribution in [0, 0.1) is 0 Å². The van der Waals surface area contributed by atoms with Crippen LogP contribution in [-0.2, 0) is 6.18 Å². The second-order valence-corrected chi connectivity index (χ2v) is 5.58. The van der Waals surface area contributed by atoms with Gasteiger partial charge in [-0.2, -0.15) is 13.2 Å². The van der Waals surface area contributed by atoms with E-state index in [0.29, 0.717) is 12.5 Å². The maximum absolute atomic E-state index is 12.8. The second kappa shape index (κ2) is 9.14. The van der Waals surface area contributed by atoms with Crippen molar-refractivity contribution in [3.8, 4) is 5.88 Å². The Balaban J connectivity index is 0.00000484. The van der Waals surface area contributed by atoms with Crippen molar-refractivity contribution in [2.75, 3.05) is 20.2 Å². The molecule has 0 aromatic carbocycles. The van der Waals surface area contributed by atoms with Crippen LogP contribution < -0.4 is 15.4 Å². The highest BCUT2D eigenvalue weighted by Crippen LogP contribution is 2.34. The molecule has 0 unspecified atom stereocenters. The monoisotopic (exact) mass is 446 g/mol. The molecule has 5 nitrogen and oxygen atoms in total. The van der Waals surface area contributed by atoms with Crippen molar-refractivity contribution < 1.29 is 17.9 Å². The number of alkyl halides is 3. The summed E-state index contributed by atoms with van der Waals surface area (Å²) in [5.74, 6) is 0.128. The first kappa shape index (κ1) is 21.7. The second-order valence-electron chi connectivity index (χ2n) is 5.58. The molecule has 0 radical (unpaired) electrons. The molecule has 0 aliphatic heterocycles. The van der Waals surface area contributed by atoms with Crippen molar-refractivity contribution in [1.29, 1.82) is 0 Å². The molecule has 0 aliphatic carbocycles. The number of nitrogens with zero attached hydrogens (tertiary/aromatic N) is 2. The van der Waals surface area contributed by atoms with Crippen LogP contribution in [0.4, 0.5) is 13.2 Å². The van der Waals surface area contributed by atoms with Crippen molar-refractivity contribution in [3.05, 3.63) is 23.9 Å². The molecule has 1 rings (SSSR count). The molecule has 1 aromatic heterocycles. The topological polar surface area (TPSA) is 58.5 Å². The number of halogens is 4. The molecule has 0 fully saturated rings. The lowest BCUT2D eigenvalue weighted by molar-refractivity contribution is -0.139. The number of aliphatic imine (C=N–C) groups is 1. The van der Waals surface area contributed by atoms with Gasteiger partial charge in [-0.05, 0) is 32.9 Å². The fourth-order valence-corrected chi connectivity index (χ4v) is 1.57. The average Bonchev–Trinajstić information content (AvgIpc) is 2.40. The molecule has 1 heterocycles. The van der Waals surface area contributed by atoms with Crippen molar-refractivity contribution in [3.63, 3.8) is 0 Å². The molecule has 0 saturated heterocycles. The van der Waals surface area contributed by atoms with E-state index in [1.54, 1.807) is 7.05 Å². The van der Waals surface area contributed by atoms with E-state index in [1.807, 2.05) is 20.8 Å². The molecule has 132 valence electrons. The highest BCUT2D eigenvalue weighted by molar-refractivity contribution is 14.0. The quantitative estimate of drug-likeness (QED) is 0.323. The van der Waals surface area contributed by atoms with Crippen LogP contribution in [0.15, 0.2) is 23.3 Å². The molecule has 2 N–H and O–H groups in total. The summed E-state index contributed by atoms with van der Waals surface area (Å²) in [4.78, 5) is 7.64. The van der Waals surface area contributed by atoms with Crippen molar-refractivity contribution in [1.82, 2.24) is 15.6 Å². The Kier molecular flexibility index (Phi) is 8.64. The van der Waals surface area contributed by atoms with Gasteiger partial charge in [-0.3, -0.25) is 4.99 Å². The van der Waals surface area contributed by atoms with E-state index in [-0.39, 0.29) is 36.1 Å². The van der Waals surface area contributed by atoms with Gasteiger partial charge in [-0.25, -0.2) is 4.98 Å². The SMILES string of the molecule is CN=C(NCCOc1ncccc1C(F)(F)F)NC(C)(C)C.I. The third-order valence-electron chi connectivity index (χ3n) is 2.43. The molecule has 0 amide bonds. The predicted octanol–water partition coefficient (Wildman–Crippen LogP) is 3.06. The minimum absolute atomic E-state index is 0. The number of rotatable bonds is 4. The summed E-state index contributed by atoms with van der Waals surface area (Å²) in [6, 6.07) is 2.17. The van der Waals surface area contributed by atoms with E-state index < -0.39 is 17.6 Å². The fourth-order valence-electron chi connectivity index (χ4n) is 1.57. The minimum atomic E-state index is -4.49. The molecular formula is C14H22F3IN4O. The number of hydrogen-bond donors (Lipinski definition) is 2. The molecule has 23 heavy (non-hydrogen) atoms. The molecule has 0 saturated carbocycles. The zero-order chi connectivity index (χ0) is 16.8. The fraction of sp³-hybridized carbons (Fsp3) is 0.571. The Morgan fingerprint density at radius 2 is 1.96 bits per heavy atom. The molecule has 1 aromatic rings. The van der Waals surface area contributed by atoms with Crippen LogP contribution in [0.1, 0.15) is 26.3 Å². The Hall–Kier alpha value is -1.26. The van der Waals surface area contributed by atoms with E-state index in [2.05, 4.69) is 20.6 Å². The number of aromatic nitrogens is 1. The van der Waals surface area contributed by atoms with Crippen molar-refractivity contribution in [2.24, 2.45) is 4.99 Å². The van der Waals surface area contributed by atoms with Crippen molar-refractivity contribution >= 4 is 29.9 Å². The predicted molar refractivity (Wildman–Crippen MR) is 94.4 cm³/mol. The van der Waals surface area contributed by atoms with E-state index in [4.69, 9.17) is 4.74 Å². The summed E-state index contributed by atoms with van der Waals surface area (Å²) in [5.41, 5.74) is -1.06.